The quantitative estimate of drug-likeness (QED) is 0.728. The Bertz CT molecular complexity index is 544. The van der Waals surface area contributed by atoms with Gasteiger partial charge >= 0.3 is 12.0 Å². The van der Waals surface area contributed by atoms with Gasteiger partial charge in [0.15, 0.2) is 0 Å². The fourth-order valence-electron chi connectivity index (χ4n) is 1.74. The maximum absolute atomic E-state index is 12.0. The zero-order chi connectivity index (χ0) is 14.0. The molecule has 100 valence electrons. The summed E-state index contributed by atoms with van der Waals surface area (Å²) < 4.78 is 0. The molecule has 1 aromatic carbocycles. The average molecular weight is 263 g/mol. The zero-order valence-corrected chi connectivity index (χ0v) is 10.2. The van der Waals surface area contributed by atoms with E-state index in [0.29, 0.717) is 11.4 Å². The van der Waals surface area contributed by atoms with Crippen molar-refractivity contribution in [1.82, 2.24) is 5.32 Å². The molecule has 0 aliphatic carbocycles. The molecule has 0 saturated carbocycles. The SMILES string of the molecule is CC(NC(=O)N1CC(=O)Nc2ccccc21)C(=O)O. The van der Waals surface area contributed by atoms with Crippen LogP contribution in [0, 0.1) is 0 Å². The number of carbonyl (C=O) groups excluding carboxylic acids is 2. The second-order valence-electron chi connectivity index (χ2n) is 4.16. The predicted molar refractivity (Wildman–Crippen MR) is 68.0 cm³/mol. The van der Waals surface area contributed by atoms with Gasteiger partial charge in [-0.25, -0.2) is 4.79 Å². The summed E-state index contributed by atoms with van der Waals surface area (Å²) in [5, 5.41) is 13.7. The Morgan fingerprint density at radius 3 is 2.79 bits per heavy atom. The van der Waals surface area contributed by atoms with Crippen molar-refractivity contribution in [2.24, 2.45) is 0 Å². The second kappa shape index (κ2) is 4.97. The summed E-state index contributed by atoms with van der Waals surface area (Å²) >= 11 is 0. The van der Waals surface area contributed by atoms with E-state index in [1.54, 1.807) is 24.3 Å². The molecule has 0 spiro atoms. The van der Waals surface area contributed by atoms with E-state index in [-0.39, 0.29) is 12.5 Å². The summed E-state index contributed by atoms with van der Waals surface area (Å²) in [4.78, 5) is 35.4. The molecule has 3 amide bonds. The minimum absolute atomic E-state index is 0.144. The van der Waals surface area contributed by atoms with E-state index in [0.717, 1.165) is 0 Å². The van der Waals surface area contributed by atoms with E-state index in [1.165, 1.54) is 11.8 Å². The van der Waals surface area contributed by atoms with Crippen molar-refractivity contribution in [3.8, 4) is 0 Å². The van der Waals surface area contributed by atoms with Crippen LogP contribution < -0.4 is 15.5 Å². The van der Waals surface area contributed by atoms with Crippen LogP contribution in [0.15, 0.2) is 24.3 Å². The summed E-state index contributed by atoms with van der Waals surface area (Å²) in [6, 6.07) is 5.19. The predicted octanol–water partition coefficient (Wildman–Crippen LogP) is 0.628. The van der Waals surface area contributed by atoms with E-state index in [9.17, 15) is 14.4 Å². The summed E-state index contributed by atoms with van der Waals surface area (Å²) in [7, 11) is 0. The Balaban J connectivity index is 2.23. The molecule has 2 rings (SSSR count). The molecule has 1 aliphatic rings. The number of carboxylic acid groups (broad SMARTS) is 1. The highest BCUT2D eigenvalue weighted by Crippen LogP contribution is 2.28. The molecule has 0 aromatic heterocycles. The summed E-state index contributed by atoms with van der Waals surface area (Å²) in [6.45, 7) is 1.21. The van der Waals surface area contributed by atoms with Gasteiger partial charge in [0.1, 0.15) is 12.6 Å². The Morgan fingerprint density at radius 1 is 1.42 bits per heavy atom. The zero-order valence-electron chi connectivity index (χ0n) is 10.2. The van der Waals surface area contributed by atoms with Gasteiger partial charge in [0.2, 0.25) is 5.91 Å². The van der Waals surface area contributed by atoms with Crippen molar-refractivity contribution in [2.45, 2.75) is 13.0 Å². The monoisotopic (exact) mass is 263 g/mol. The van der Waals surface area contributed by atoms with Crippen molar-refractivity contribution >= 4 is 29.3 Å². The summed E-state index contributed by atoms with van der Waals surface area (Å²) in [5.41, 5.74) is 1.06. The number of hydrogen-bond donors (Lipinski definition) is 3. The number of carboxylic acids is 1. The second-order valence-corrected chi connectivity index (χ2v) is 4.16. The van der Waals surface area contributed by atoms with E-state index in [1.807, 2.05) is 0 Å². The number of benzene rings is 1. The lowest BCUT2D eigenvalue weighted by Crippen LogP contribution is -2.51. The van der Waals surface area contributed by atoms with Gasteiger partial charge in [0.25, 0.3) is 0 Å². The third-order valence-corrected chi connectivity index (χ3v) is 2.73. The summed E-state index contributed by atoms with van der Waals surface area (Å²) in [5.74, 6) is -1.46. The fourth-order valence-corrected chi connectivity index (χ4v) is 1.74. The third kappa shape index (κ3) is 2.65. The van der Waals surface area contributed by atoms with Gasteiger partial charge in [-0.15, -0.1) is 0 Å². The van der Waals surface area contributed by atoms with Gasteiger partial charge in [-0.3, -0.25) is 14.5 Å². The van der Waals surface area contributed by atoms with E-state index < -0.39 is 18.0 Å². The first kappa shape index (κ1) is 12.9. The lowest BCUT2D eigenvalue weighted by molar-refractivity contribution is -0.138. The molecule has 7 heteroatoms. The number of rotatable bonds is 2. The number of carbonyl (C=O) groups is 3. The van der Waals surface area contributed by atoms with Crippen LogP contribution in [0.25, 0.3) is 0 Å². The molecule has 3 N–H and O–H groups in total. The molecule has 7 nitrogen and oxygen atoms in total. The third-order valence-electron chi connectivity index (χ3n) is 2.73. The molecule has 0 radical (unpaired) electrons. The molecular weight excluding hydrogens is 250 g/mol. The van der Waals surface area contributed by atoms with Gasteiger partial charge in [-0.2, -0.15) is 0 Å². The van der Waals surface area contributed by atoms with Crippen molar-refractivity contribution in [2.75, 3.05) is 16.8 Å². The van der Waals surface area contributed by atoms with Gasteiger partial charge in [0, 0.05) is 0 Å². The smallest absolute Gasteiger partial charge is 0.325 e. The number of nitrogens with one attached hydrogen (secondary N) is 2. The van der Waals surface area contributed by atoms with E-state index in [2.05, 4.69) is 10.6 Å². The molecule has 19 heavy (non-hydrogen) atoms. The molecule has 1 aliphatic heterocycles. The Kier molecular flexibility index (Phi) is 3.37. The first-order valence-electron chi connectivity index (χ1n) is 5.69. The lowest BCUT2D eigenvalue weighted by atomic mass is 10.2. The van der Waals surface area contributed by atoms with Crippen LogP contribution in [0.5, 0.6) is 0 Å². The molecule has 1 atom stereocenters. The van der Waals surface area contributed by atoms with Gasteiger partial charge in [0.05, 0.1) is 11.4 Å². The number of urea groups is 1. The first-order chi connectivity index (χ1) is 8.99. The number of fused-ring (bicyclic) bond motifs is 1. The average Bonchev–Trinajstić information content (AvgIpc) is 2.37. The van der Waals surface area contributed by atoms with Crippen molar-refractivity contribution in [3.05, 3.63) is 24.3 Å². The number of aliphatic carboxylic acids is 1. The van der Waals surface area contributed by atoms with E-state index in [4.69, 9.17) is 5.11 Å². The van der Waals surface area contributed by atoms with Gasteiger partial charge in [-0.1, -0.05) is 12.1 Å². The van der Waals surface area contributed by atoms with Crippen molar-refractivity contribution in [3.63, 3.8) is 0 Å². The first-order valence-corrected chi connectivity index (χ1v) is 5.69. The van der Waals surface area contributed by atoms with Crippen LogP contribution in [-0.2, 0) is 9.59 Å². The largest absolute Gasteiger partial charge is 0.480 e. The minimum Gasteiger partial charge on any atom is -0.480 e. The molecule has 1 aromatic rings. The molecule has 0 fully saturated rings. The minimum atomic E-state index is -1.14. The van der Waals surface area contributed by atoms with Crippen molar-refractivity contribution < 1.29 is 19.5 Å². The standard InChI is InChI=1S/C12H13N3O4/c1-7(11(17)18)13-12(19)15-6-10(16)14-8-4-2-3-5-9(8)15/h2-5,7H,6H2,1H3,(H,13,19)(H,14,16)(H,17,18). The topological polar surface area (TPSA) is 98.7 Å². The molecule has 1 heterocycles. The normalized spacial score (nSPS) is 15.2. The lowest BCUT2D eigenvalue weighted by Gasteiger charge is -2.29. The highest BCUT2D eigenvalue weighted by Gasteiger charge is 2.28. The highest BCUT2D eigenvalue weighted by atomic mass is 16.4. The summed E-state index contributed by atoms with van der Waals surface area (Å²) in [6.07, 6.45) is 0. The maximum atomic E-state index is 12.0. The van der Waals surface area contributed by atoms with Crippen LogP contribution in [0.4, 0.5) is 16.2 Å². The fraction of sp³-hybridized carbons (Fsp3) is 0.250. The number of amides is 3. The van der Waals surface area contributed by atoms with Gasteiger partial charge < -0.3 is 15.7 Å². The number of hydrogen-bond acceptors (Lipinski definition) is 3. The van der Waals surface area contributed by atoms with Crippen LogP contribution >= 0.6 is 0 Å². The number of anilines is 2. The van der Waals surface area contributed by atoms with Crippen LogP contribution in [0.2, 0.25) is 0 Å². The highest BCUT2D eigenvalue weighted by molar-refractivity contribution is 6.09. The Hall–Kier alpha value is -2.57. The Morgan fingerprint density at radius 2 is 2.11 bits per heavy atom. The maximum Gasteiger partial charge on any atom is 0.325 e. The molecule has 0 saturated heterocycles. The van der Waals surface area contributed by atoms with Crippen LogP contribution in [-0.4, -0.2) is 35.6 Å². The molecule has 0 bridgehead atoms. The number of para-hydroxylation sites is 2. The molecular formula is C12H13N3O4. The number of nitrogens with zero attached hydrogens (tertiary/aromatic N) is 1. The van der Waals surface area contributed by atoms with Gasteiger partial charge in [-0.05, 0) is 19.1 Å². The molecule has 1 unspecified atom stereocenters. The Labute approximate surface area is 109 Å². The van der Waals surface area contributed by atoms with Crippen LogP contribution in [0.3, 0.4) is 0 Å². The van der Waals surface area contributed by atoms with E-state index >= 15 is 0 Å². The van der Waals surface area contributed by atoms with Crippen LogP contribution in [0.1, 0.15) is 6.92 Å². The van der Waals surface area contributed by atoms with Crippen molar-refractivity contribution in [1.29, 1.82) is 0 Å².